The van der Waals surface area contributed by atoms with E-state index >= 15 is 0 Å². The number of aromatic nitrogens is 2. The highest BCUT2D eigenvalue weighted by atomic mass is 16.4. The standard InChI is InChI=1S/C15H19N3O3/c1-11-12(18-10-3-2-5-13(18)17-11)7-8-14(19)16-9-4-6-15(20)21/h2-3,5,10H,4,6-9H2,1H3,(H,16,19)(H,20,21). The Balaban J connectivity index is 1.85. The molecule has 0 unspecified atom stereocenters. The van der Waals surface area contributed by atoms with Crippen molar-refractivity contribution in [2.24, 2.45) is 0 Å². The average Bonchev–Trinajstić information content (AvgIpc) is 2.76. The van der Waals surface area contributed by atoms with Gasteiger partial charge in [-0.2, -0.15) is 0 Å². The SMILES string of the molecule is Cc1nc2ccccn2c1CCC(=O)NCCCC(=O)O. The third-order valence-electron chi connectivity index (χ3n) is 3.31. The summed E-state index contributed by atoms with van der Waals surface area (Å²) in [4.78, 5) is 26.6. The fourth-order valence-electron chi connectivity index (χ4n) is 2.25. The van der Waals surface area contributed by atoms with E-state index in [1.807, 2.05) is 35.7 Å². The van der Waals surface area contributed by atoms with Crippen LogP contribution in [0.5, 0.6) is 0 Å². The Morgan fingerprint density at radius 2 is 2.14 bits per heavy atom. The number of imidazole rings is 1. The Hall–Kier alpha value is -2.37. The van der Waals surface area contributed by atoms with E-state index < -0.39 is 5.97 Å². The minimum atomic E-state index is -0.842. The Bertz CT molecular complexity index is 649. The van der Waals surface area contributed by atoms with Gasteiger partial charge in [-0.15, -0.1) is 0 Å². The lowest BCUT2D eigenvalue weighted by molar-refractivity contribution is -0.137. The maximum Gasteiger partial charge on any atom is 0.303 e. The second kappa shape index (κ2) is 6.88. The normalized spacial score (nSPS) is 10.7. The van der Waals surface area contributed by atoms with Gasteiger partial charge in [0.1, 0.15) is 5.65 Å². The van der Waals surface area contributed by atoms with Crippen LogP contribution in [0.15, 0.2) is 24.4 Å². The van der Waals surface area contributed by atoms with Gasteiger partial charge in [0.15, 0.2) is 0 Å². The number of hydrogen-bond acceptors (Lipinski definition) is 3. The number of nitrogens with one attached hydrogen (secondary N) is 1. The maximum absolute atomic E-state index is 11.7. The van der Waals surface area contributed by atoms with Crippen LogP contribution >= 0.6 is 0 Å². The van der Waals surface area contributed by atoms with Crippen molar-refractivity contribution in [3.63, 3.8) is 0 Å². The molecule has 0 saturated carbocycles. The van der Waals surface area contributed by atoms with E-state index in [1.165, 1.54) is 0 Å². The number of nitrogens with zero attached hydrogens (tertiary/aromatic N) is 2. The van der Waals surface area contributed by atoms with Crippen LogP contribution in [0.2, 0.25) is 0 Å². The van der Waals surface area contributed by atoms with Crippen molar-refractivity contribution in [2.75, 3.05) is 6.54 Å². The number of rotatable bonds is 7. The smallest absolute Gasteiger partial charge is 0.303 e. The van der Waals surface area contributed by atoms with E-state index in [0.717, 1.165) is 17.0 Å². The topological polar surface area (TPSA) is 83.7 Å². The summed E-state index contributed by atoms with van der Waals surface area (Å²) in [5, 5.41) is 11.3. The minimum absolute atomic E-state index is 0.0642. The number of carbonyl (C=O) groups excluding carboxylic acids is 1. The van der Waals surface area contributed by atoms with Crippen molar-refractivity contribution in [2.45, 2.75) is 32.6 Å². The summed E-state index contributed by atoms with van der Waals surface area (Å²) < 4.78 is 1.99. The summed E-state index contributed by atoms with van der Waals surface area (Å²) in [7, 11) is 0. The highest BCUT2D eigenvalue weighted by molar-refractivity contribution is 5.76. The molecule has 21 heavy (non-hydrogen) atoms. The predicted octanol–water partition coefficient (Wildman–Crippen LogP) is 1.56. The monoisotopic (exact) mass is 289 g/mol. The van der Waals surface area contributed by atoms with Gasteiger partial charge in [-0.1, -0.05) is 6.07 Å². The van der Waals surface area contributed by atoms with Crippen LogP contribution in [-0.2, 0) is 16.0 Å². The van der Waals surface area contributed by atoms with E-state index in [0.29, 0.717) is 25.8 Å². The second-order valence-corrected chi connectivity index (χ2v) is 4.92. The highest BCUT2D eigenvalue weighted by Gasteiger charge is 2.10. The Morgan fingerprint density at radius 3 is 2.90 bits per heavy atom. The van der Waals surface area contributed by atoms with Crippen LogP contribution in [-0.4, -0.2) is 32.9 Å². The van der Waals surface area contributed by atoms with Crippen LogP contribution in [0.4, 0.5) is 0 Å². The van der Waals surface area contributed by atoms with Crippen LogP contribution < -0.4 is 5.32 Å². The van der Waals surface area contributed by atoms with E-state index in [1.54, 1.807) is 0 Å². The second-order valence-electron chi connectivity index (χ2n) is 4.92. The third-order valence-corrected chi connectivity index (χ3v) is 3.31. The third kappa shape index (κ3) is 4.05. The zero-order valence-corrected chi connectivity index (χ0v) is 12.0. The zero-order chi connectivity index (χ0) is 15.2. The molecule has 0 aliphatic heterocycles. The lowest BCUT2D eigenvalue weighted by atomic mass is 10.2. The number of amides is 1. The molecule has 0 aliphatic carbocycles. The molecule has 2 rings (SSSR count). The number of aliphatic carboxylic acids is 1. The first kappa shape index (κ1) is 15.0. The summed E-state index contributed by atoms with van der Waals surface area (Å²) >= 11 is 0. The fourth-order valence-corrected chi connectivity index (χ4v) is 2.25. The maximum atomic E-state index is 11.7. The lowest BCUT2D eigenvalue weighted by Crippen LogP contribution is -2.25. The molecule has 0 spiro atoms. The van der Waals surface area contributed by atoms with Gasteiger partial charge in [0.05, 0.1) is 5.69 Å². The summed E-state index contributed by atoms with van der Waals surface area (Å²) in [6, 6.07) is 5.80. The van der Waals surface area contributed by atoms with Crippen molar-refractivity contribution in [1.29, 1.82) is 0 Å². The number of aryl methyl sites for hydroxylation is 2. The number of hydrogen-bond donors (Lipinski definition) is 2. The first-order valence-corrected chi connectivity index (χ1v) is 6.99. The van der Waals surface area contributed by atoms with Crippen molar-refractivity contribution < 1.29 is 14.7 Å². The molecule has 0 saturated heterocycles. The average molecular weight is 289 g/mol. The van der Waals surface area contributed by atoms with Gasteiger partial charge in [-0.05, 0) is 31.9 Å². The number of fused-ring (bicyclic) bond motifs is 1. The summed E-state index contributed by atoms with van der Waals surface area (Å²) in [5.74, 6) is -0.906. The molecule has 0 aliphatic rings. The quantitative estimate of drug-likeness (QED) is 0.758. The Labute approximate surface area is 122 Å². The van der Waals surface area contributed by atoms with Crippen molar-refractivity contribution in [3.8, 4) is 0 Å². The summed E-state index contributed by atoms with van der Waals surface area (Å²) in [6.07, 6.45) is 3.45. The van der Waals surface area contributed by atoms with Crippen molar-refractivity contribution >= 4 is 17.5 Å². The fraction of sp³-hybridized carbons (Fsp3) is 0.400. The van der Waals surface area contributed by atoms with Crippen LogP contribution in [0.3, 0.4) is 0 Å². The molecular formula is C15H19N3O3. The first-order valence-electron chi connectivity index (χ1n) is 6.99. The van der Waals surface area contributed by atoms with Gasteiger partial charge in [0.25, 0.3) is 0 Å². The predicted molar refractivity (Wildman–Crippen MR) is 78.1 cm³/mol. The molecule has 0 fully saturated rings. The van der Waals surface area contributed by atoms with Gasteiger partial charge < -0.3 is 14.8 Å². The molecule has 112 valence electrons. The van der Waals surface area contributed by atoms with E-state index in [9.17, 15) is 9.59 Å². The lowest BCUT2D eigenvalue weighted by Gasteiger charge is -2.05. The molecular weight excluding hydrogens is 270 g/mol. The van der Waals surface area contributed by atoms with Crippen LogP contribution in [0.25, 0.3) is 5.65 Å². The minimum Gasteiger partial charge on any atom is -0.481 e. The molecule has 6 nitrogen and oxygen atoms in total. The Kier molecular flexibility index (Phi) is 4.92. The molecule has 2 aromatic heterocycles. The molecule has 0 radical (unpaired) electrons. The summed E-state index contributed by atoms with van der Waals surface area (Å²) in [5.41, 5.74) is 2.85. The molecule has 0 bridgehead atoms. The molecule has 2 N–H and O–H groups in total. The van der Waals surface area contributed by atoms with Crippen LogP contribution in [0, 0.1) is 6.92 Å². The molecule has 2 aromatic rings. The number of carboxylic acid groups (broad SMARTS) is 1. The van der Waals surface area contributed by atoms with Crippen molar-refractivity contribution in [3.05, 3.63) is 35.8 Å². The van der Waals surface area contributed by atoms with E-state index in [-0.39, 0.29) is 12.3 Å². The first-order chi connectivity index (χ1) is 10.1. The van der Waals surface area contributed by atoms with Gasteiger partial charge in [-0.3, -0.25) is 9.59 Å². The van der Waals surface area contributed by atoms with Crippen LogP contribution in [0.1, 0.15) is 30.7 Å². The zero-order valence-electron chi connectivity index (χ0n) is 12.0. The van der Waals surface area contributed by atoms with E-state index in [2.05, 4.69) is 10.3 Å². The molecule has 0 aromatic carbocycles. The molecule has 1 amide bonds. The van der Waals surface area contributed by atoms with Gasteiger partial charge in [0.2, 0.25) is 5.91 Å². The number of carbonyl (C=O) groups is 2. The number of pyridine rings is 1. The van der Waals surface area contributed by atoms with Gasteiger partial charge >= 0.3 is 5.97 Å². The Morgan fingerprint density at radius 1 is 1.33 bits per heavy atom. The highest BCUT2D eigenvalue weighted by Crippen LogP contribution is 2.13. The largest absolute Gasteiger partial charge is 0.481 e. The van der Waals surface area contributed by atoms with Crippen molar-refractivity contribution in [1.82, 2.24) is 14.7 Å². The number of carboxylic acids is 1. The molecule has 6 heteroatoms. The van der Waals surface area contributed by atoms with Gasteiger partial charge in [-0.25, -0.2) is 4.98 Å². The van der Waals surface area contributed by atoms with Gasteiger partial charge in [0, 0.05) is 31.3 Å². The molecule has 0 atom stereocenters. The summed E-state index contributed by atoms with van der Waals surface area (Å²) in [6.45, 7) is 2.34. The molecule has 2 heterocycles. The van der Waals surface area contributed by atoms with E-state index in [4.69, 9.17) is 5.11 Å².